The molecule has 1 aromatic rings. The molecule has 1 aromatic carbocycles. The van der Waals surface area contributed by atoms with E-state index in [2.05, 4.69) is 36.9 Å². The van der Waals surface area contributed by atoms with Gasteiger partial charge in [0.25, 0.3) is 0 Å². The third-order valence-electron chi connectivity index (χ3n) is 5.33. The molecule has 2 fully saturated rings. The highest BCUT2D eigenvalue weighted by Crippen LogP contribution is 2.39. The van der Waals surface area contributed by atoms with Crippen LogP contribution in [-0.4, -0.2) is 18.6 Å². The first kappa shape index (κ1) is 14.9. The molecule has 21 heavy (non-hydrogen) atoms. The number of hydrogen-bond donors (Lipinski definition) is 1. The van der Waals surface area contributed by atoms with Crippen molar-refractivity contribution in [2.75, 3.05) is 11.4 Å². The van der Waals surface area contributed by atoms with Crippen LogP contribution in [0.15, 0.2) is 18.2 Å². The summed E-state index contributed by atoms with van der Waals surface area (Å²) in [4.78, 5) is 2.73. The lowest BCUT2D eigenvalue weighted by Crippen LogP contribution is -2.47. The molecule has 0 bridgehead atoms. The summed E-state index contributed by atoms with van der Waals surface area (Å²) in [6.45, 7) is 5.54. The Bertz CT molecular complexity index is 478. The molecular weight excluding hydrogens is 256 g/mol. The number of benzene rings is 1. The monoisotopic (exact) mass is 286 g/mol. The van der Waals surface area contributed by atoms with Crippen LogP contribution in [0.2, 0.25) is 0 Å². The molecule has 1 heterocycles. The molecule has 2 aliphatic rings. The third-order valence-corrected chi connectivity index (χ3v) is 5.33. The van der Waals surface area contributed by atoms with Crippen molar-refractivity contribution in [3.8, 4) is 0 Å². The van der Waals surface area contributed by atoms with Gasteiger partial charge < -0.3 is 10.6 Å². The lowest BCUT2D eigenvalue weighted by molar-refractivity contribution is 0.243. The van der Waals surface area contributed by atoms with Crippen LogP contribution < -0.4 is 10.6 Å². The summed E-state index contributed by atoms with van der Waals surface area (Å²) in [6, 6.07) is 7.99. The Kier molecular flexibility index (Phi) is 4.54. The summed E-state index contributed by atoms with van der Waals surface area (Å²) in [7, 11) is 0. The molecule has 2 heteroatoms. The van der Waals surface area contributed by atoms with E-state index in [4.69, 9.17) is 5.73 Å². The number of nitrogens with zero attached hydrogens (tertiary/aromatic N) is 1. The highest BCUT2D eigenvalue weighted by atomic mass is 15.2. The largest absolute Gasteiger partial charge is 0.368 e. The van der Waals surface area contributed by atoms with Crippen LogP contribution in [0.3, 0.4) is 0 Å². The van der Waals surface area contributed by atoms with E-state index >= 15 is 0 Å². The average molecular weight is 286 g/mol. The van der Waals surface area contributed by atoms with Gasteiger partial charge in [0.05, 0.1) is 0 Å². The molecule has 3 atom stereocenters. The van der Waals surface area contributed by atoms with E-state index in [-0.39, 0.29) is 6.04 Å². The van der Waals surface area contributed by atoms with Gasteiger partial charge in [0, 0.05) is 24.3 Å². The average Bonchev–Trinajstić information content (AvgIpc) is 2.46. The van der Waals surface area contributed by atoms with Crippen molar-refractivity contribution in [3.63, 3.8) is 0 Å². The van der Waals surface area contributed by atoms with Gasteiger partial charge in [0.2, 0.25) is 0 Å². The zero-order chi connectivity index (χ0) is 14.8. The molecule has 0 spiro atoms. The van der Waals surface area contributed by atoms with Crippen LogP contribution in [0.4, 0.5) is 5.69 Å². The standard InChI is InChI=1S/C19H30N2/c1-14-9-10-19(17(12-14)13-15(2)20)21-11-5-7-16-6-3-4-8-18(16)21/h9-10,12,15-16,18H,3-8,11,13,20H2,1-2H3/t15?,16-,18-/m1/s1. The molecular formula is C19H30N2. The van der Waals surface area contributed by atoms with Crippen molar-refractivity contribution in [1.82, 2.24) is 0 Å². The minimum atomic E-state index is 0.234. The number of rotatable bonds is 3. The number of aryl methyl sites for hydroxylation is 1. The molecule has 2 N–H and O–H groups in total. The highest BCUT2D eigenvalue weighted by molar-refractivity contribution is 5.56. The number of anilines is 1. The van der Waals surface area contributed by atoms with Crippen LogP contribution in [0.1, 0.15) is 56.6 Å². The maximum absolute atomic E-state index is 6.09. The molecule has 1 aliphatic carbocycles. The Morgan fingerprint density at radius 3 is 2.76 bits per heavy atom. The fourth-order valence-electron chi connectivity index (χ4n) is 4.43. The van der Waals surface area contributed by atoms with Gasteiger partial charge in [0.15, 0.2) is 0 Å². The molecule has 0 amide bonds. The van der Waals surface area contributed by atoms with Crippen molar-refractivity contribution in [1.29, 1.82) is 0 Å². The Labute approximate surface area is 129 Å². The molecule has 1 saturated heterocycles. The molecule has 0 radical (unpaired) electrons. The van der Waals surface area contributed by atoms with Gasteiger partial charge in [-0.1, -0.05) is 30.5 Å². The first-order valence-electron chi connectivity index (χ1n) is 8.77. The molecule has 1 saturated carbocycles. The predicted octanol–water partition coefficient (Wildman–Crippen LogP) is 4.04. The van der Waals surface area contributed by atoms with E-state index in [1.165, 1.54) is 61.9 Å². The summed E-state index contributed by atoms with van der Waals surface area (Å²) in [5.74, 6) is 0.928. The van der Waals surface area contributed by atoms with Crippen LogP contribution in [-0.2, 0) is 6.42 Å². The molecule has 1 aliphatic heterocycles. The Morgan fingerprint density at radius 2 is 1.95 bits per heavy atom. The number of piperidine rings is 1. The lowest BCUT2D eigenvalue weighted by atomic mass is 9.78. The van der Waals surface area contributed by atoms with Crippen molar-refractivity contribution in [2.24, 2.45) is 11.7 Å². The van der Waals surface area contributed by atoms with Crippen molar-refractivity contribution in [3.05, 3.63) is 29.3 Å². The summed E-state index contributed by atoms with van der Waals surface area (Å²) >= 11 is 0. The van der Waals surface area contributed by atoms with Crippen molar-refractivity contribution >= 4 is 5.69 Å². The third kappa shape index (κ3) is 3.26. The Morgan fingerprint density at radius 1 is 1.19 bits per heavy atom. The molecule has 3 rings (SSSR count). The van der Waals surface area contributed by atoms with Crippen LogP contribution in [0.5, 0.6) is 0 Å². The van der Waals surface area contributed by atoms with E-state index in [1.54, 1.807) is 0 Å². The minimum Gasteiger partial charge on any atom is -0.368 e. The fraction of sp³-hybridized carbons (Fsp3) is 0.684. The van der Waals surface area contributed by atoms with E-state index in [0.717, 1.165) is 18.4 Å². The normalized spacial score (nSPS) is 27.3. The Hall–Kier alpha value is -1.02. The van der Waals surface area contributed by atoms with Crippen LogP contribution in [0.25, 0.3) is 0 Å². The first-order chi connectivity index (χ1) is 10.1. The topological polar surface area (TPSA) is 29.3 Å². The maximum atomic E-state index is 6.09. The van der Waals surface area contributed by atoms with E-state index < -0.39 is 0 Å². The SMILES string of the molecule is Cc1ccc(N2CCC[C@H]3CCCC[C@H]32)c(CC(C)N)c1. The highest BCUT2D eigenvalue weighted by Gasteiger charge is 2.34. The second kappa shape index (κ2) is 6.39. The van der Waals surface area contributed by atoms with E-state index in [0.29, 0.717) is 0 Å². The van der Waals surface area contributed by atoms with Gasteiger partial charge in [0.1, 0.15) is 0 Å². The number of hydrogen-bond acceptors (Lipinski definition) is 2. The van der Waals surface area contributed by atoms with Gasteiger partial charge in [-0.05, 0) is 63.5 Å². The predicted molar refractivity (Wildman–Crippen MR) is 90.9 cm³/mol. The smallest absolute Gasteiger partial charge is 0.0402 e. The summed E-state index contributed by atoms with van der Waals surface area (Å²) < 4.78 is 0. The minimum absolute atomic E-state index is 0.234. The van der Waals surface area contributed by atoms with Crippen LogP contribution >= 0.6 is 0 Å². The quantitative estimate of drug-likeness (QED) is 0.908. The van der Waals surface area contributed by atoms with Gasteiger partial charge in [-0.15, -0.1) is 0 Å². The van der Waals surface area contributed by atoms with Gasteiger partial charge in [-0.2, -0.15) is 0 Å². The lowest BCUT2D eigenvalue weighted by Gasteiger charge is -2.46. The fourth-order valence-corrected chi connectivity index (χ4v) is 4.43. The van der Waals surface area contributed by atoms with Gasteiger partial charge in [-0.25, -0.2) is 0 Å². The maximum Gasteiger partial charge on any atom is 0.0402 e. The van der Waals surface area contributed by atoms with E-state index in [9.17, 15) is 0 Å². The van der Waals surface area contributed by atoms with Gasteiger partial charge >= 0.3 is 0 Å². The zero-order valence-electron chi connectivity index (χ0n) is 13.6. The van der Waals surface area contributed by atoms with Crippen molar-refractivity contribution < 1.29 is 0 Å². The Balaban J connectivity index is 1.90. The second-order valence-electron chi connectivity index (χ2n) is 7.26. The molecule has 2 nitrogen and oxygen atoms in total. The number of fused-ring (bicyclic) bond motifs is 1. The zero-order valence-corrected chi connectivity index (χ0v) is 13.6. The van der Waals surface area contributed by atoms with E-state index in [1.807, 2.05) is 0 Å². The number of nitrogens with two attached hydrogens (primary N) is 1. The molecule has 1 unspecified atom stereocenters. The van der Waals surface area contributed by atoms with Crippen molar-refractivity contribution in [2.45, 2.75) is 70.9 Å². The first-order valence-corrected chi connectivity index (χ1v) is 8.77. The summed E-state index contributed by atoms with van der Waals surface area (Å²) in [6.07, 6.45) is 9.46. The molecule has 0 aromatic heterocycles. The summed E-state index contributed by atoms with van der Waals surface area (Å²) in [5, 5.41) is 0. The second-order valence-corrected chi connectivity index (χ2v) is 7.26. The summed E-state index contributed by atoms with van der Waals surface area (Å²) in [5.41, 5.74) is 10.4. The van der Waals surface area contributed by atoms with Gasteiger partial charge in [-0.3, -0.25) is 0 Å². The van der Waals surface area contributed by atoms with Crippen LogP contribution in [0, 0.1) is 12.8 Å². The molecule has 116 valence electrons.